The molecule has 94 valence electrons. The molecule has 0 saturated carbocycles. The van der Waals surface area contributed by atoms with Crippen LogP contribution in [-0.2, 0) is 6.42 Å². The highest BCUT2D eigenvalue weighted by Gasteiger charge is 2.09. The highest BCUT2D eigenvalue weighted by atomic mass is 35.5. The second kappa shape index (κ2) is 8.25. The Labute approximate surface area is 113 Å². The zero-order valence-corrected chi connectivity index (χ0v) is 11.9. The van der Waals surface area contributed by atoms with E-state index in [2.05, 4.69) is 27.5 Å². The number of nitrogens with one attached hydrogen (secondary N) is 1. The summed E-state index contributed by atoms with van der Waals surface area (Å²) in [7, 11) is 0. The number of piperazine rings is 1. The Morgan fingerprint density at radius 1 is 1.38 bits per heavy atom. The third-order valence-corrected chi connectivity index (χ3v) is 3.54. The summed E-state index contributed by atoms with van der Waals surface area (Å²) in [6.07, 6.45) is 1.11. The van der Waals surface area contributed by atoms with E-state index in [0.717, 1.165) is 31.7 Å². The van der Waals surface area contributed by atoms with Gasteiger partial charge in [-0.15, -0.1) is 36.2 Å². The number of rotatable bonds is 3. The van der Waals surface area contributed by atoms with Crippen molar-refractivity contribution in [3.8, 4) is 0 Å². The van der Waals surface area contributed by atoms with Gasteiger partial charge in [0.05, 0.1) is 5.01 Å². The first-order chi connectivity index (χ1) is 6.84. The second-order valence-electron chi connectivity index (χ2n) is 3.72. The van der Waals surface area contributed by atoms with Crippen LogP contribution in [0.25, 0.3) is 0 Å². The van der Waals surface area contributed by atoms with E-state index >= 15 is 0 Å². The summed E-state index contributed by atoms with van der Waals surface area (Å²) < 4.78 is 0. The van der Waals surface area contributed by atoms with E-state index in [0.29, 0.717) is 0 Å². The average molecular weight is 284 g/mol. The molecule has 0 unspecified atom stereocenters. The van der Waals surface area contributed by atoms with E-state index in [1.165, 1.54) is 18.1 Å². The zero-order valence-electron chi connectivity index (χ0n) is 9.44. The molecule has 1 fully saturated rings. The van der Waals surface area contributed by atoms with Crippen LogP contribution in [0.2, 0.25) is 0 Å². The van der Waals surface area contributed by atoms with Crippen molar-refractivity contribution in [3.63, 3.8) is 0 Å². The van der Waals surface area contributed by atoms with Gasteiger partial charge in [-0.05, 0) is 6.92 Å². The van der Waals surface area contributed by atoms with Gasteiger partial charge in [0.15, 0.2) is 0 Å². The van der Waals surface area contributed by atoms with Crippen molar-refractivity contribution >= 4 is 36.2 Å². The fourth-order valence-corrected chi connectivity index (χ4v) is 2.47. The third-order valence-electron chi connectivity index (χ3n) is 2.52. The standard InChI is InChI=1S/C10H17N3S.2ClH/c1-9-8-14-10(12-9)2-5-13-6-3-11-4-7-13;;/h8,11H,2-7H2,1H3;2*1H. The quantitative estimate of drug-likeness (QED) is 0.916. The number of halogens is 2. The van der Waals surface area contributed by atoms with Crippen molar-refractivity contribution in [1.82, 2.24) is 15.2 Å². The fraction of sp³-hybridized carbons (Fsp3) is 0.700. The lowest BCUT2D eigenvalue weighted by Crippen LogP contribution is -2.44. The van der Waals surface area contributed by atoms with Gasteiger partial charge in [-0.25, -0.2) is 4.98 Å². The maximum Gasteiger partial charge on any atom is 0.0940 e. The summed E-state index contributed by atoms with van der Waals surface area (Å²) in [5, 5.41) is 6.77. The van der Waals surface area contributed by atoms with Crippen LogP contribution >= 0.6 is 36.2 Å². The Kier molecular flexibility index (Phi) is 8.32. The van der Waals surface area contributed by atoms with E-state index in [9.17, 15) is 0 Å². The number of thiazole rings is 1. The minimum Gasteiger partial charge on any atom is -0.314 e. The maximum absolute atomic E-state index is 4.47. The number of nitrogens with zero attached hydrogens (tertiary/aromatic N) is 2. The van der Waals surface area contributed by atoms with Gasteiger partial charge in [0, 0.05) is 50.2 Å². The lowest BCUT2D eigenvalue weighted by molar-refractivity contribution is 0.244. The van der Waals surface area contributed by atoms with Crippen LogP contribution in [0.1, 0.15) is 10.7 Å². The lowest BCUT2D eigenvalue weighted by Gasteiger charge is -2.26. The summed E-state index contributed by atoms with van der Waals surface area (Å²) in [6.45, 7) is 7.86. The summed E-state index contributed by atoms with van der Waals surface area (Å²) in [4.78, 5) is 6.98. The molecule has 0 spiro atoms. The summed E-state index contributed by atoms with van der Waals surface area (Å²) in [5.41, 5.74) is 1.16. The molecule has 1 N–H and O–H groups in total. The first-order valence-electron chi connectivity index (χ1n) is 5.19. The summed E-state index contributed by atoms with van der Waals surface area (Å²) in [6, 6.07) is 0. The van der Waals surface area contributed by atoms with E-state index in [4.69, 9.17) is 0 Å². The van der Waals surface area contributed by atoms with Gasteiger partial charge in [0.2, 0.25) is 0 Å². The van der Waals surface area contributed by atoms with Crippen molar-refractivity contribution in [2.75, 3.05) is 32.7 Å². The lowest BCUT2D eigenvalue weighted by atomic mass is 10.3. The Bertz CT molecular complexity index is 287. The number of hydrogen-bond donors (Lipinski definition) is 1. The fourth-order valence-electron chi connectivity index (χ4n) is 1.71. The maximum atomic E-state index is 4.47. The van der Waals surface area contributed by atoms with Gasteiger partial charge >= 0.3 is 0 Å². The summed E-state index contributed by atoms with van der Waals surface area (Å²) >= 11 is 1.78. The Hall–Kier alpha value is 0.130. The predicted molar refractivity (Wildman–Crippen MR) is 74.4 cm³/mol. The average Bonchev–Trinajstić information content (AvgIpc) is 2.63. The number of aromatic nitrogens is 1. The molecule has 2 heterocycles. The molecule has 0 amide bonds. The predicted octanol–water partition coefficient (Wildman–Crippen LogP) is 1.74. The summed E-state index contributed by atoms with van der Waals surface area (Å²) in [5.74, 6) is 0. The van der Waals surface area contributed by atoms with E-state index in [-0.39, 0.29) is 24.8 Å². The zero-order chi connectivity index (χ0) is 9.80. The van der Waals surface area contributed by atoms with Gasteiger partial charge in [-0.1, -0.05) is 0 Å². The normalized spacial score (nSPS) is 16.3. The number of aryl methyl sites for hydroxylation is 1. The van der Waals surface area contributed by atoms with Crippen molar-refractivity contribution in [3.05, 3.63) is 16.1 Å². The molecule has 1 aliphatic heterocycles. The van der Waals surface area contributed by atoms with Gasteiger partial charge in [-0.2, -0.15) is 0 Å². The molecule has 3 nitrogen and oxygen atoms in total. The molecule has 0 aromatic carbocycles. The molecular weight excluding hydrogens is 265 g/mol. The highest BCUT2D eigenvalue weighted by molar-refractivity contribution is 7.09. The van der Waals surface area contributed by atoms with Gasteiger partial charge < -0.3 is 10.2 Å². The smallest absolute Gasteiger partial charge is 0.0940 e. The van der Waals surface area contributed by atoms with E-state index in [1.54, 1.807) is 11.3 Å². The third kappa shape index (κ3) is 4.97. The van der Waals surface area contributed by atoms with Crippen LogP contribution in [0, 0.1) is 6.92 Å². The van der Waals surface area contributed by atoms with Crippen LogP contribution in [0.15, 0.2) is 5.38 Å². The van der Waals surface area contributed by atoms with Crippen LogP contribution in [0.4, 0.5) is 0 Å². The first-order valence-corrected chi connectivity index (χ1v) is 6.06. The Morgan fingerprint density at radius 3 is 2.62 bits per heavy atom. The minimum atomic E-state index is 0. The highest BCUT2D eigenvalue weighted by Crippen LogP contribution is 2.09. The van der Waals surface area contributed by atoms with Crippen molar-refractivity contribution in [2.45, 2.75) is 13.3 Å². The first kappa shape index (κ1) is 16.1. The topological polar surface area (TPSA) is 28.2 Å². The Morgan fingerprint density at radius 2 is 2.06 bits per heavy atom. The van der Waals surface area contributed by atoms with E-state index < -0.39 is 0 Å². The molecule has 16 heavy (non-hydrogen) atoms. The monoisotopic (exact) mass is 283 g/mol. The van der Waals surface area contributed by atoms with Crippen LogP contribution in [0.5, 0.6) is 0 Å². The molecule has 1 aromatic heterocycles. The largest absolute Gasteiger partial charge is 0.314 e. The van der Waals surface area contributed by atoms with Crippen LogP contribution < -0.4 is 5.32 Å². The molecule has 1 aromatic rings. The molecule has 0 atom stereocenters. The molecule has 0 bridgehead atoms. The van der Waals surface area contributed by atoms with Gasteiger partial charge in [-0.3, -0.25) is 0 Å². The molecule has 1 saturated heterocycles. The minimum absolute atomic E-state index is 0. The molecule has 6 heteroatoms. The Balaban J connectivity index is 0.00000112. The number of hydrogen-bond acceptors (Lipinski definition) is 4. The second-order valence-corrected chi connectivity index (χ2v) is 4.67. The van der Waals surface area contributed by atoms with Crippen molar-refractivity contribution in [2.24, 2.45) is 0 Å². The van der Waals surface area contributed by atoms with Gasteiger partial charge in [0.25, 0.3) is 0 Å². The molecule has 1 aliphatic rings. The van der Waals surface area contributed by atoms with Crippen molar-refractivity contribution in [1.29, 1.82) is 0 Å². The van der Waals surface area contributed by atoms with Gasteiger partial charge in [0.1, 0.15) is 0 Å². The SMILES string of the molecule is Cc1csc(CCN2CCNCC2)n1.Cl.Cl. The molecule has 0 radical (unpaired) electrons. The van der Waals surface area contributed by atoms with Crippen LogP contribution in [0.3, 0.4) is 0 Å². The molecule has 0 aliphatic carbocycles. The van der Waals surface area contributed by atoms with Crippen molar-refractivity contribution < 1.29 is 0 Å². The molecular formula is C10H19Cl2N3S. The molecule has 2 rings (SSSR count). The van der Waals surface area contributed by atoms with Crippen LogP contribution in [-0.4, -0.2) is 42.6 Å². The van der Waals surface area contributed by atoms with E-state index in [1.807, 2.05) is 0 Å².